The highest BCUT2D eigenvalue weighted by atomic mass is 16.5. The molecular weight excluding hydrogens is 240 g/mol. The van der Waals surface area contributed by atoms with E-state index in [0.717, 1.165) is 32.3 Å². The smallest absolute Gasteiger partial charge is 0.0753 e. The molecule has 2 aliphatic rings. The zero-order valence-electron chi connectivity index (χ0n) is 11.8. The van der Waals surface area contributed by atoms with Gasteiger partial charge in [0.15, 0.2) is 0 Å². The maximum Gasteiger partial charge on any atom is 0.0753 e. The molecule has 1 unspecified atom stereocenters. The topological polar surface area (TPSA) is 33.5 Å². The Hall–Kier alpha value is -1.07. The number of methoxy groups -OCH3 is 1. The summed E-state index contributed by atoms with van der Waals surface area (Å²) < 4.78 is 7.07. The third-order valence-electron chi connectivity index (χ3n) is 4.35. The normalized spacial score (nSPS) is 24.5. The van der Waals surface area contributed by atoms with Crippen molar-refractivity contribution in [3.8, 4) is 0 Å². The number of nitrogens with zero attached hydrogens (tertiary/aromatic N) is 4. The summed E-state index contributed by atoms with van der Waals surface area (Å²) in [6, 6.07) is 0.754. The second-order valence-corrected chi connectivity index (χ2v) is 5.59. The molecular formula is C14H24N4O. The van der Waals surface area contributed by atoms with Crippen LogP contribution in [0, 0.1) is 0 Å². The van der Waals surface area contributed by atoms with E-state index in [9.17, 15) is 0 Å². The number of piperidine rings is 1. The van der Waals surface area contributed by atoms with Gasteiger partial charge in [0.2, 0.25) is 0 Å². The van der Waals surface area contributed by atoms with Crippen LogP contribution in [0.25, 0.3) is 0 Å². The van der Waals surface area contributed by atoms with Gasteiger partial charge in [0, 0.05) is 39.0 Å². The maximum absolute atomic E-state index is 5.09. The number of anilines is 1. The highest BCUT2D eigenvalue weighted by Crippen LogP contribution is 2.24. The number of fused-ring (bicyclic) bond motifs is 1. The van der Waals surface area contributed by atoms with Crippen molar-refractivity contribution in [2.75, 3.05) is 44.8 Å². The van der Waals surface area contributed by atoms with Crippen molar-refractivity contribution in [1.82, 2.24) is 14.7 Å². The van der Waals surface area contributed by atoms with E-state index < -0.39 is 0 Å². The van der Waals surface area contributed by atoms with Crippen molar-refractivity contribution in [2.45, 2.75) is 31.8 Å². The molecule has 19 heavy (non-hydrogen) atoms. The van der Waals surface area contributed by atoms with Gasteiger partial charge in [-0.3, -0.25) is 9.58 Å². The van der Waals surface area contributed by atoms with Crippen LogP contribution in [-0.4, -0.2) is 60.6 Å². The fourth-order valence-corrected chi connectivity index (χ4v) is 3.21. The molecule has 0 aromatic carbocycles. The molecule has 0 aliphatic carbocycles. The van der Waals surface area contributed by atoms with Crippen molar-refractivity contribution < 1.29 is 4.74 Å². The van der Waals surface area contributed by atoms with Gasteiger partial charge in [0.05, 0.1) is 25.0 Å². The standard InChI is InChI=1S/C14H24N4O/c1-19-9-8-18-12-14(10-15-18)17-7-6-16-5-3-2-4-13(16)11-17/h10,12-13H,2-9,11H2,1H3. The molecule has 1 aromatic rings. The van der Waals surface area contributed by atoms with E-state index in [1.165, 1.54) is 38.0 Å². The van der Waals surface area contributed by atoms with Crippen LogP contribution in [0.3, 0.4) is 0 Å². The number of aromatic nitrogens is 2. The predicted octanol–water partition coefficient (Wildman–Crippen LogP) is 1.20. The lowest BCUT2D eigenvalue weighted by molar-refractivity contribution is 0.133. The van der Waals surface area contributed by atoms with Crippen LogP contribution in [0.4, 0.5) is 5.69 Å². The first kappa shape index (κ1) is 12.9. The summed E-state index contributed by atoms with van der Waals surface area (Å²) in [5.74, 6) is 0. The van der Waals surface area contributed by atoms with Gasteiger partial charge in [-0.15, -0.1) is 0 Å². The van der Waals surface area contributed by atoms with Crippen LogP contribution in [0.15, 0.2) is 12.4 Å². The van der Waals surface area contributed by atoms with Crippen molar-refractivity contribution in [3.63, 3.8) is 0 Å². The van der Waals surface area contributed by atoms with E-state index in [1.54, 1.807) is 7.11 Å². The van der Waals surface area contributed by atoms with Crippen molar-refractivity contribution >= 4 is 5.69 Å². The summed E-state index contributed by atoms with van der Waals surface area (Å²) >= 11 is 0. The highest BCUT2D eigenvalue weighted by Gasteiger charge is 2.29. The molecule has 3 rings (SSSR count). The second kappa shape index (κ2) is 5.92. The van der Waals surface area contributed by atoms with Crippen molar-refractivity contribution in [2.24, 2.45) is 0 Å². The maximum atomic E-state index is 5.09. The van der Waals surface area contributed by atoms with E-state index in [2.05, 4.69) is 21.1 Å². The second-order valence-electron chi connectivity index (χ2n) is 5.59. The molecule has 1 aromatic heterocycles. The molecule has 2 aliphatic heterocycles. The number of hydrogen-bond acceptors (Lipinski definition) is 4. The van der Waals surface area contributed by atoms with Crippen LogP contribution in [-0.2, 0) is 11.3 Å². The Morgan fingerprint density at radius 2 is 2.26 bits per heavy atom. The fraction of sp³-hybridized carbons (Fsp3) is 0.786. The Morgan fingerprint density at radius 1 is 1.32 bits per heavy atom. The molecule has 0 bridgehead atoms. The fourth-order valence-electron chi connectivity index (χ4n) is 3.21. The molecule has 0 radical (unpaired) electrons. The Balaban J connectivity index is 1.61. The van der Waals surface area contributed by atoms with Crippen LogP contribution < -0.4 is 4.90 Å². The molecule has 106 valence electrons. The van der Waals surface area contributed by atoms with Gasteiger partial charge in [0.1, 0.15) is 0 Å². The summed E-state index contributed by atoms with van der Waals surface area (Å²) in [6.07, 6.45) is 8.27. The third kappa shape index (κ3) is 2.92. The molecule has 5 heteroatoms. The first-order valence-electron chi connectivity index (χ1n) is 7.37. The Bertz CT molecular complexity index is 406. The van der Waals surface area contributed by atoms with Gasteiger partial charge in [-0.2, -0.15) is 5.10 Å². The molecule has 0 spiro atoms. The minimum atomic E-state index is 0.720. The van der Waals surface area contributed by atoms with E-state index in [0.29, 0.717) is 0 Å². The predicted molar refractivity (Wildman–Crippen MR) is 75.5 cm³/mol. The Labute approximate surface area is 115 Å². The van der Waals surface area contributed by atoms with E-state index >= 15 is 0 Å². The molecule has 2 fully saturated rings. The average Bonchev–Trinajstić information content (AvgIpc) is 2.93. The van der Waals surface area contributed by atoms with Gasteiger partial charge in [-0.05, 0) is 19.4 Å². The van der Waals surface area contributed by atoms with Crippen LogP contribution in [0.2, 0.25) is 0 Å². The van der Waals surface area contributed by atoms with Gasteiger partial charge in [-0.1, -0.05) is 6.42 Å². The molecule has 3 heterocycles. The Kier molecular flexibility index (Phi) is 4.03. The first-order chi connectivity index (χ1) is 9.36. The van der Waals surface area contributed by atoms with Crippen molar-refractivity contribution in [3.05, 3.63) is 12.4 Å². The van der Waals surface area contributed by atoms with Crippen LogP contribution >= 0.6 is 0 Å². The molecule has 1 atom stereocenters. The minimum absolute atomic E-state index is 0.720. The van der Waals surface area contributed by atoms with Gasteiger partial charge in [-0.25, -0.2) is 0 Å². The lowest BCUT2D eigenvalue weighted by Crippen LogP contribution is -2.54. The molecule has 2 saturated heterocycles. The summed E-state index contributed by atoms with van der Waals surface area (Å²) in [7, 11) is 1.73. The minimum Gasteiger partial charge on any atom is -0.383 e. The lowest BCUT2D eigenvalue weighted by Gasteiger charge is -2.44. The number of ether oxygens (including phenoxy) is 1. The summed E-state index contributed by atoms with van der Waals surface area (Å²) in [4.78, 5) is 5.15. The van der Waals surface area contributed by atoms with E-state index in [-0.39, 0.29) is 0 Å². The van der Waals surface area contributed by atoms with E-state index in [4.69, 9.17) is 4.74 Å². The molecule has 0 amide bonds. The lowest BCUT2D eigenvalue weighted by atomic mass is 9.99. The SMILES string of the molecule is COCCn1cc(N2CCN3CCCCC3C2)cn1. The average molecular weight is 264 g/mol. The van der Waals surface area contributed by atoms with Gasteiger partial charge >= 0.3 is 0 Å². The number of rotatable bonds is 4. The quantitative estimate of drug-likeness (QED) is 0.818. The third-order valence-corrected chi connectivity index (χ3v) is 4.35. The van der Waals surface area contributed by atoms with Crippen LogP contribution in [0.1, 0.15) is 19.3 Å². The Morgan fingerprint density at radius 3 is 3.16 bits per heavy atom. The van der Waals surface area contributed by atoms with E-state index in [1.807, 2.05) is 10.9 Å². The molecule has 5 nitrogen and oxygen atoms in total. The van der Waals surface area contributed by atoms with Gasteiger partial charge in [0.25, 0.3) is 0 Å². The van der Waals surface area contributed by atoms with Crippen molar-refractivity contribution in [1.29, 1.82) is 0 Å². The number of hydrogen-bond donors (Lipinski definition) is 0. The highest BCUT2D eigenvalue weighted by molar-refractivity contribution is 5.43. The molecule has 0 N–H and O–H groups in total. The summed E-state index contributed by atoms with van der Waals surface area (Å²) in [6.45, 7) is 6.35. The first-order valence-corrected chi connectivity index (χ1v) is 7.37. The van der Waals surface area contributed by atoms with Crippen LogP contribution in [0.5, 0.6) is 0 Å². The van der Waals surface area contributed by atoms with Gasteiger partial charge < -0.3 is 9.64 Å². The zero-order valence-corrected chi connectivity index (χ0v) is 11.8. The zero-order chi connectivity index (χ0) is 13.1. The summed E-state index contributed by atoms with van der Waals surface area (Å²) in [5.41, 5.74) is 1.27. The monoisotopic (exact) mass is 264 g/mol. The number of piperazine rings is 1. The summed E-state index contributed by atoms with van der Waals surface area (Å²) in [5, 5.41) is 4.41. The largest absolute Gasteiger partial charge is 0.383 e. The molecule has 0 saturated carbocycles.